The molecule has 0 aliphatic carbocycles. The van der Waals surface area contributed by atoms with Crippen molar-refractivity contribution in [3.8, 4) is 0 Å². The molecular formula is C13H14N4O5. The Labute approximate surface area is 124 Å². The molecule has 1 amide bonds. The Kier molecular flexibility index (Phi) is 4.66. The van der Waals surface area contributed by atoms with Crippen molar-refractivity contribution in [1.82, 2.24) is 14.7 Å². The van der Waals surface area contributed by atoms with Gasteiger partial charge in [-0.25, -0.2) is 4.98 Å². The van der Waals surface area contributed by atoms with Crippen molar-refractivity contribution in [3.05, 3.63) is 40.3 Å². The summed E-state index contributed by atoms with van der Waals surface area (Å²) < 4.78 is 1.49. The van der Waals surface area contributed by atoms with Gasteiger partial charge in [0.25, 0.3) is 5.69 Å². The zero-order valence-corrected chi connectivity index (χ0v) is 11.6. The number of amides is 1. The molecule has 0 radical (unpaired) electrons. The Bertz CT molecular complexity index is 724. The first-order chi connectivity index (χ1) is 10.5. The number of hydrogen-bond acceptors (Lipinski definition) is 5. The van der Waals surface area contributed by atoms with Crippen molar-refractivity contribution in [2.24, 2.45) is 0 Å². The van der Waals surface area contributed by atoms with Crippen LogP contribution in [-0.4, -0.2) is 37.8 Å². The van der Waals surface area contributed by atoms with Crippen molar-refractivity contribution in [2.75, 3.05) is 6.54 Å². The number of carbonyl (C=O) groups is 2. The van der Waals surface area contributed by atoms with Crippen molar-refractivity contribution in [1.29, 1.82) is 0 Å². The minimum atomic E-state index is -0.906. The molecule has 0 unspecified atom stereocenters. The van der Waals surface area contributed by atoms with Gasteiger partial charge in [0.2, 0.25) is 5.91 Å². The number of hydrogen-bond donors (Lipinski definition) is 2. The molecule has 22 heavy (non-hydrogen) atoms. The zero-order valence-electron chi connectivity index (χ0n) is 11.6. The lowest BCUT2D eigenvalue weighted by atomic mass is 10.3. The summed E-state index contributed by atoms with van der Waals surface area (Å²) in [6, 6.07) is 2.85. The third kappa shape index (κ3) is 4.01. The number of nitrogens with zero attached hydrogens (tertiary/aromatic N) is 3. The second kappa shape index (κ2) is 6.66. The van der Waals surface area contributed by atoms with E-state index >= 15 is 0 Å². The molecule has 2 heterocycles. The molecule has 2 N–H and O–H groups in total. The third-order valence-corrected chi connectivity index (χ3v) is 2.93. The van der Waals surface area contributed by atoms with Crippen LogP contribution in [0, 0.1) is 10.1 Å². The Morgan fingerprint density at radius 3 is 2.82 bits per heavy atom. The van der Waals surface area contributed by atoms with Gasteiger partial charge in [-0.3, -0.25) is 24.1 Å². The smallest absolute Gasteiger partial charge is 0.303 e. The van der Waals surface area contributed by atoms with Crippen LogP contribution in [0.4, 0.5) is 5.69 Å². The van der Waals surface area contributed by atoms with Gasteiger partial charge in [-0.1, -0.05) is 0 Å². The first-order valence-electron chi connectivity index (χ1n) is 6.56. The highest BCUT2D eigenvalue weighted by molar-refractivity contribution is 5.78. The SMILES string of the molecule is O=C(O)CCCNC(=O)Cc1cn2cc([N+](=O)[O-])ccc2n1. The minimum Gasteiger partial charge on any atom is -0.481 e. The number of rotatable bonds is 7. The molecule has 116 valence electrons. The summed E-state index contributed by atoms with van der Waals surface area (Å²) in [6.45, 7) is 0.282. The number of nitrogens with one attached hydrogen (secondary N) is 1. The van der Waals surface area contributed by atoms with Crippen molar-refractivity contribution < 1.29 is 19.6 Å². The zero-order chi connectivity index (χ0) is 16.1. The van der Waals surface area contributed by atoms with E-state index in [9.17, 15) is 19.7 Å². The summed E-state index contributed by atoms with van der Waals surface area (Å²) in [4.78, 5) is 36.4. The first kappa shape index (κ1) is 15.4. The predicted molar refractivity (Wildman–Crippen MR) is 75.4 cm³/mol. The van der Waals surface area contributed by atoms with Gasteiger partial charge in [-0.2, -0.15) is 0 Å². The molecule has 2 aromatic rings. The molecule has 0 aromatic carbocycles. The number of carbonyl (C=O) groups excluding carboxylic acids is 1. The van der Waals surface area contributed by atoms with Gasteiger partial charge in [0.15, 0.2) is 0 Å². The average Bonchev–Trinajstić information content (AvgIpc) is 2.84. The molecule has 0 fully saturated rings. The molecule has 0 atom stereocenters. The third-order valence-electron chi connectivity index (χ3n) is 2.93. The molecule has 0 saturated heterocycles. The van der Waals surface area contributed by atoms with Crippen LogP contribution in [0.15, 0.2) is 24.5 Å². The van der Waals surface area contributed by atoms with Crippen LogP contribution in [0.25, 0.3) is 5.65 Å². The summed E-state index contributed by atoms with van der Waals surface area (Å²) in [6.07, 6.45) is 3.27. The fourth-order valence-electron chi connectivity index (χ4n) is 1.92. The Balaban J connectivity index is 1.95. The molecule has 2 rings (SSSR count). The molecule has 0 aliphatic rings. The van der Waals surface area contributed by atoms with Crippen LogP contribution in [0.1, 0.15) is 18.5 Å². The normalized spacial score (nSPS) is 10.5. The van der Waals surface area contributed by atoms with Gasteiger partial charge in [0, 0.05) is 25.2 Å². The molecule has 0 spiro atoms. The molecule has 2 aromatic heterocycles. The molecular weight excluding hydrogens is 292 g/mol. The second-order valence-electron chi connectivity index (χ2n) is 4.67. The van der Waals surface area contributed by atoms with Crippen LogP contribution in [0.5, 0.6) is 0 Å². The van der Waals surface area contributed by atoms with E-state index in [4.69, 9.17) is 5.11 Å². The fourth-order valence-corrected chi connectivity index (χ4v) is 1.92. The largest absolute Gasteiger partial charge is 0.481 e. The number of nitro groups is 1. The predicted octanol–water partition coefficient (Wildman–Crippen LogP) is 0.766. The highest BCUT2D eigenvalue weighted by Crippen LogP contribution is 2.13. The fraction of sp³-hybridized carbons (Fsp3) is 0.308. The van der Waals surface area contributed by atoms with Crippen molar-refractivity contribution in [3.63, 3.8) is 0 Å². The number of carboxylic acid groups (broad SMARTS) is 1. The van der Waals surface area contributed by atoms with Gasteiger partial charge >= 0.3 is 5.97 Å². The van der Waals surface area contributed by atoms with E-state index in [2.05, 4.69) is 10.3 Å². The number of aliphatic carboxylic acids is 1. The second-order valence-corrected chi connectivity index (χ2v) is 4.67. The molecule has 9 nitrogen and oxygen atoms in total. The molecule has 9 heteroatoms. The number of carboxylic acids is 1. The maximum Gasteiger partial charge on any atom is 0.303 e. The van der Waals surface area contributed by atoms with Gasteiger partial charge < -0.3 is 10.4 Å². The maximum atomic E-state index is 11.7. The van der Waals surface area contributed by atoms with Crippen LogP contribution >= 0.6 is 0 Å². The number of pyridine rings is 1. The highest BCUT2D eigenvalue weighted by Gasteiger charge is 2.11. The average molecular weight is 306 g/mol. The van der Waals surface area contributed by atoms with E-state index in [0.717, 1.165) is 0 Å². The first-order valence-corrected chi connectivity index (χ1v) is 6.56. The van der Waals surface area contributed by atoms with Crippen LogP contribution in [-0.2, 0) is 16.0 Å². The van der Waals surface area contributed by atoms with E-state index in [-0.39, 0.29) is 31.0 Å². The van der Waals surface area contributed by atoms with Crippen LogP contribution in [0.2, 0.25) is 0 Å². The van der Waals surface area contributed by atoms with Crippen molar-refractivity contribution in [2.45, 2.75) is 19.3 Å². The summed E-state index contributed by atoms with van der Waals surface area (Å²) in [5, 5.41) is 21.8. The van der Waals surface area contributed by atoms with E-state index in [1.54, 1.807) is 6.20 Å². The Morgan fingerprint density at radius 1 is 1.36 bits per heavy atom. The van der Waals surface area contributed by atoms with E-state index < -0.39 is 10.9 Å². The Hall–Kier alpha value is -2.97. The lowest BCUT2D eigenvalue weighted by molar-refractivity contribution is -0.385. The standard InChI is InChI=1S/C13H14N4O5/c18-12(14-5-1-2-13(19)20)6-9-7-16-8-10(17(21)22)3-4-11(16)15-9/h3-4,7-8H,1-2,5-6H2,(H,14,18)(H,19,20). The van der Waals surface area contributed by atoms with E-state index in [1.165, 1.54) is 22.7 Å². The summed E-state index contributed by atoms with van der Waals surface area (Å²) >= 11 is 0. The van der Waals surface area contributed by atoms with E-state index in [0.29, 0.717) is 17.8 Å². The van der Waals surface area contributed by atoms with Crippen molar-refractivity contribution >= 4 is 23.2 Å². The summed E-state index contributed by atoms with van der Waals surface area (Å²) in [5.41, 5.74) is 0.935. The number of fused-ring (bicyclic) bond motifs is 1. The highest BCUT2D eigenvalue weighted by atomic mass is 16.6. The monoisotopic (exact) mass is 306 g/mol. The summed E-state index contributed by atoms with van der Waals surface area (Å²) in [7, 11) is 0. The van der Waals surface area contributed by atoms with Gasteiger partial charge in [-0.15, -0.1) is 0 Å². The van der Waals surface area contributed by atoms with Gasteiger partial charge in [-0.05, 0) is 12.5 Å². The van der Waals surface area contributed by atoms with Crippen LogP contribution in [0.3, 0.4) is 0 Å². The molecule has 0 bridgehead atoms. The topological polar surface area (TPSA) is 127 Å². The number of aromatic nitrogens is 2. The van der Waals surface area contributed by atoms with Gasteiger partial charge in [0.05, 0.1) is 23.2 Å². The Morgan fingerprint density at radius 2 is 2.14 bits per heavy atom. The van der Waals surface area contributed by atoms with E-state index in [1.807, 2.05) is 0 Å². The van der Waals surface area contributed by atoms with Gasteiger partial charge in [0.1, 0.15) is 5.65 Å². The molecule has 0 aliphatic heterocycles. The quantitative estimate of drug-likeness (QED) is 0.442. The molecule has 0 saturated carbocycles. The minimum absolute atomic E-state index is 0.00167. The summed E-state index contributed by atoms with van der Waals surface area (Å²) in [5.74, 6) is -1.18. The maximum absolute atomic E-state index is 11.7. The number of imidazole rings is 1. The lowest BCUT2D eigenvalue weighted by Crippen LogP contribution is -2.26. The lowest BCUT2D eigenvalue weighted by Gasteiger charge is -2.01. The van der Waals surface area contributed by atoms with Crippen LogP contribution < -0.4 is 5.32 Å².